The normalized spacial score (nSPS) is 21.1. The van der Waals surface area contributed by atoms with Crippen LogP contribution < -0.4 is 10.2 Å². The minimum absolute atomic E-state index is 0.0144. The number of nitrogens with one attached hydrogen (secondary N) is 2. The molecule has 144 valence electrons. The number of rotatable bonds is 2. The first-order valence-electron chi connectivity index (χ1n) is 8.85. The number of carbonyl (C=O) groups is 1. The molecule has 1 fully saturated rings. The highest BCUT2D eigenvalue weighted by Gasteiger charge is 2.34. The molecule has 1 saturated heterocycles. The molecule has 7 nitrogen and oxygen atoms in total. The molecule has 2 N–H and O–H groups in total. The summed E-state index contributed by atoms with van der Waals surface area (Å²) in [5.41, 5.74) is 1.20. The summed E-state index contributed by atoms with van der Waals surface area (Å²) in [6.45, 7) is 3.29. The van der Waals surface area contributed by atoms with Crippen molar-refractivity contribution in [3.05, 3.63) is 29.2 Å². The Balaban J connectivity index is 1.45. The number of H-pyrrole nitrogens is 1. The van der Waals surface area contributed by atoms with E-state index < -0.39 is 11.7 Å². The first-order valence-corrected chi connectivity index (χ1v) is 8.85. The number of piperidine rings is 1. The molecule has 0 aromatic carbocycles. The topological polar surface area (TPSA) is 86.8 Å². The van der Waals surface area contributed by atoms with Gasteiger partial charge in [-0.15, -0.1) is 0 Å². The number of nitrogens with zero attached hydrogens (tertiary/aromatic N) is 4. The number of carbonyl (C=O) groups excluding carboxylic acids is 1. The standard InChI is InChI=1S/C17H19F3N6O/c1-9-6-12(27)23-15-13(9)14(24-25-15)10-2-4-26(5-3-10)16-21-7-11(8-22-16)17(18,19)20/h7-10H,2-6H2,1H3,(H2,23,24,25,27). The van der Waals surface area contributed by atoms with E-state index in [1.807, 2.05) is 11.8 Å². The highest BCUT2D eigenvalue weighted by molar-refractivity contribution is 5.93. The van der Waals surface area contributed by atoms with Gasteiger partial charge in [0, 0.05) is 43.4 Å². The van der Waals surface area contributed by atoms with Gasteiger partial charge in [-0.25, -0.2) is 9.97 Å². The van der Waals surface area contributed by atoms with Crippen LogP contribution in [-0.4, -0.2) is 39.2 Å². The number of alkyl halides is 3. The summed E-state index contributed by atoms with van der Waals surface area (Å²) in [4.78, 5) is 21.3. The summed E-state index contributed by atoms with van der Waals surface area (Å²) < 4.78 is 37.9. The molecule has 1 atom stereocenters. The number of fused-ring (bicyclic) bond motifs is 1. The van der Waals surface area contributed by atoms with E-state index in [2.05, 4.69) is 25.5 Å². The van der Waals surface area contributed by atoms with Gasteiger partial charge < -0.3 is 10.2 Å². The van der Waals surface area contributed by atoms with E-state index in [0.717, 1.165) is 36.5 Å². The van der Waals surface area contributed by atoms with Crippen LogP contribution in [0.25, 0.3) is 0 Å². The molecular formula is C17H19F3N6O. The van der Waals surface area contributed by atoms with Gasteiger partial charge >= 0.3 is 6.18 Å². The van der Waals surface area contributed by atoms with Gasteiger partial charge in [-0.2, -0.15) is 18.3 Å². The van der Waals surface area contributed by atoms with E-state index in [4.69, 9.17) is 0 Å². The fraction of sp³-hybridized carbons (Fsp3) is 0.529. The van der Waals surface area contributed by atoms with Crippen molar-refractivity contribution in [3.8, 4) is 0 Å². The molecule has 27 heavy (non-hydrogen) atoms. The highest BCUT2D eigenvalue weighted by atomic mass is 19.4. The van der Waals surface area contributed by atoms with Gasteiger partial charge in [-0.3, -0.25) is 9.89 Å². The number of anilines is 2. The van der Waals surface area contributed by atoms with Gasteiger partial charge in [0.1, 0.15) is 5.82 Å². The Morgan fingerprint density at radius 2 is 1.85 bits per heavy atom. The molecule has 1 unspecified atom stereocenters. The van der Waals surface area contributed by atoms with Crippen molar-refractivity contribution < 1.29 is 18.0 Å². The van der Waals surface area contributed by atoms with Crippen molar-refractivity contribution in [3.63, 3.8) is 0 Å². The number of hydrogen-bond acceptors (Lipinski definition) is 5. The predicted octanol–water partition coefficient (Wildman–Crippen LogP) is 3.05. The Morgan fingerprint density at radius 1 is 1.19 bits per heavy atom. The lowest BCUT2D eigenvalue weighted by Crippen LogP contribution is -2.34. The Hall–Kier alpha value is -2.65. The summed E-state index contributed by atoms with van der Waals surface area (Å²) in [6, 6.07) is 0. The average Bonchev–Trinajstić information content (AvgIpc) is 3.05. The fourth-order valence-corrected chi connectivity index (χ4v) is 3.82. The Kier molecular flexibility index (Phi) is 4.27. The smallest absolute Gasteiger partial charge is 0.341 e. The molecule has 0 saturated carbocycles. The lowest BCUT2D eigenvalue weighted by Gasteiger charge is -2.32. The molecule has 0 spiro atoms. The van der Waals surface area contributed by atoms with Crippen molar-refractivity contribution in [2.24, 2.45) is 0 Å². The second-order valence-corrected chi connectivity index (χ2v) is 7.08. The predicted molar refractivity (Wildman–Crippen MR) is 91.5 cm³/mol. The molecule has 0 bridgehead atoms. The molecule has 4 rings (SSSR count). The quantitative estimate of drug-likeness (QED) is 0.836. The molecule has 2 aromatic heterocycles. The zero-order chi connectivity index (χ0) is 19.2. The van der Waals surface area contributed by atoms with Crippen LogP contribution in [-0.2, 0) is 11.0 Å². The zero-order valence-electron chi connectivity index (χ0n) is 14.7. The first kappa shape index (κ1) is 17.7. The van der Waals surface area contributed by atoms with Gasteiger partial charge in [0.05, 0.1) is 11.3 Å². The van der Waals surface area contributed by atoms with Gasteiger partial charge in [0.25, 0.3) is 0 Å². The molecular weight excluding hydrogens is 361 g/mol. The number of aromatic amines is 1. The fourth-order valence-electron chi connectivity index (χ4n) is 3.82. The summed E-state index contributed by atoms with van der Waals surface area (Å²) in [7, 11) is 0. The molecule has 4 heterocycles. The van der Waals surface area contributed by atoms with Crippen LogP contribution >= 0.6 is 0 Å². The number of halogens is 3. The lowest BCUT2D eigenvalue weighted by molar-refractivity contribution is -0.138. The van der Waals surface area contributed by atoms with E-state index in [9.17, 15) is 18.0 Å². The molecule has 0 radical (unpaired) electrons. The maximum atomic E-state index is 12.6. The molecule has 2 aliphatic rings. The second kappa shape index (κ2) is 6.50. The maximum Gasteiger partial charge on any atom is 0.419 e. The Bertz CT molecular complexity index is 839. The monoisotopic (exact) mass is 380 g/mol. The SMILES string of the molecule is CC1CC(=O)Nc2[nH]nc(C3CCN(c4ncc(C(F)(F)F)cn4)CC3)c21. The van der Waals surface area contributed by atoms with E-state index in [1.165, 1.54) is 0 Å². The average molecular weight is 380 g/mol. The van der Waals surface area contributed by atoms with Crippen LogP contribution in [0, 0.1) is 0 Å². The van der Waals surface area contributed by atoms with Crippen LogP contribution in [0.1, 0.15) is 54.8 Å². The summed E-state index contributed by atoms with van der Waals surface area (Å²) >= 11 is 0. The van der Waals surface area contributed by atoms with Crippen LogP contribution in [0.4, 0.5) is 24.9 Å². The zero-order valence-corrected chi connectivity index (χ0v) is 14.7. The van der Waals surface area contributed by atoms with Crippen molar-refractivity contribution in [1.82, 2.24) is 20.2 Å². The van der Waals surface area contributed by atoms with Crippen molar-refractivity contribution >= 4 is 17.7 Å². The highest BCUT2D eigenvalue weighted by Crippen LogP contribution is 2.39. The van der Waals surface area contributed by atoms with E-state index in [0.29, 0.717) is 31.3 Å². The van der Waals surface area contributed by atoms with Crippen LogP contribution in [0.15, 0.2) is 12.4 Å². The minimum atomic E-state index is -4.43. The van der Waals surface area contributed by atoms with Crippen molar-refractivity contribution in [1.29, 1.82) is 0 Å². The molecule has 1 amide bonds. The summed E-state index contributed by atoms with van der Waals surface area (Å²) in [5.74, 6) is 1.32. The minimum Gasteiger partial charge on any atom is -0.341 e. The third kappa shape index (κ3) is 3.35. The summed E-state index contributed by atoms with van der Waals surface area (Å²) in [5, 5.41) is 10.2. The molecule has 2 aromatic rings. The van der Waals surface area contributed by atoms with Crippen LogP contribution in [0.5, 0.6) is 0 Å². The van der Waals surface area contributed by atoms with Crippen LogP contribution in [0.3, 0.4) is 0 Å². The number of aromatic nitrogens is 4. The number of amides is 1. The second-order valence-electron chi connectivity index (χ2n) is 7.08. The van der Waals surface area contributed by atoms with Gasteiger partial charge in [-0.05, 0) is 18.8 Å². The van der Waals surface area contributed by atoms with E-state index >= 15 is 0 Å². The maximum absolute atomic E-state index is 12.6. The third-order valence-corrected chi connectivity index (χ3v) is 5.21. The lowest BCUT2D eigenvalue weighted by atomic mass is 9.85. The number of hydrogen-bond donors (Lipinski definition) is 2. The molecule has 10 heteroatoms. The summed E-state index contributed by atoms with van der Waals surface area (Å²) in [6.07, 6.45) is -0.759. The molecule has 2 aliphatic heterocycles. The first-order chi connectivity index (χ1) is 12.8. The third-order valence-electron chi connectivity index (χ3n) is 5.21. The van der Waals surface area contributed by atoms with Gasteiger partial charge in [0.15, 0.2) is 0 Å². The van der Waals surface area contributed by atoms with Crippen molar-refractivity contribution in [2.45, 2.75) is 44.2 Å². The van der Waals surface area contributed by atoms with Gasteiger partial charge in [-0.1, -0.05) is 6.92 Å². The van der Waals surface area contributed by atoms with E-state index in [-0.39, 0.29) is 17.7 Å². The largest absolute Gasteiger partial charge is 0.419 e. The van der Waals surface area contributed by atoms with Crippen LogP contribution in [0.2, 0.25) is 0 Å². The van der Waals surface area contributed by atoms with Crippen molar-refractivity contribution in [2.75, 3.05) is 23.3 Å². The van der Waals surface area contributed by atoms with Gasteiger partial charge in [0.2, 0.25) is 11.9 Å². The Labute approximate surface area is 153 Å². The van der Waals surface area contributed by atoms with E-state index in [1.54, 1.807) is 0 Å². The Morgan fingerprint density at radius 3 is 2.48 bits per heavy atom. The molecule has 0 aliphatic carbocycles.